The van der Waals surface area contributed by atoms with Gasteiger partial charge in [-0.2, -0.15) is 0 Å². The number of aryl methyl sites for hydroxylation is 2. The van der Waals surface area contributed by atoms with E-state index >= 15 is 0 Å². The molecule has 1 saturated heterocycles. The number of hydrogen-bond acceptors (Lipinski definition) is 2. The highest BCUT2D eigenvalue weighted by Crippen LogP contribution is 2.13. The smallest absolute Gasteiger partial charge is 0.254 e. The van der Waals surface area contributed by atoms with E-state index in [0.29, 0.717) is 0 Å². The maximum absolute atomic E-state index is 12.2. The van der Waals surface area contributed by atoms with Crippen molar-refractivity contribution in [3.63, 3.8) is 0 Å². The van der Waals surface area contributed by atoms with Crippen molar-refractivity contribution in [2.75, 3.05) is 26.2 Å². The van der Waals surface area contributed by atoms with Crippen LogP contribution >= 0.6 is 12.4 Å². The molecule has 0 radical (unpaired) electrons. The molecule has 1 N–H and O–H groups in total. The summed E-state index contributed by atoms with van der Waals surface area (Å²) in [5.74, 6) is 0.166. The first-order chi connectivity index (χ1) is 7.68. The molecule has 1 aromatic rings. The fraction of sp³-hybridized carbons (Fsp3) is 0.462. The van der Waals surface area contributed by atoms with Gasteiger partial charge in [-0.25, -0.2) is 0 Å². The maximum Gasteiger partial charge on any atom is 0.254 e. The van der Waals surface area contributed by atoms with E-state index in [1.165, 1.54) is 5.56 Å². The summed E-state index contributed by atoms with van der Waals surface area (Å²) in [6.07, 6.45) is 0. The normalized spacial score (nSPS) is 15.3. The molecule has 4 heteroatoms. The second-order valence-corrected chi connectivity index (χ2v) is 4.36. The second-order valence-electron chi connectivity index (χ2n) is 4.36. The van der Waals surface area contributed by atoms with Crippen LogP contribution in [-0.2, 0) is 0 Å². The highest BCUT2D eigenvalue weighted by Gasteiger charge is 2.18. The number of nitrogens with one attached hydrogen (secondary N) is 1. The topological polar surface area (TPSA) is 32.3 Å². The molecule has 2 rings (SSSR count). The van der Waals surface area contributed by atoms with Crippen LogP contribution in [0.3, 0.4) is 0 Å². The Morgan fingerprint density at radius 3 is 2.47 bits per heavy atom. The minimum Gasteiger partial charge on any atom is -0.336 e. The molecule has 0 aliphatic carbocycles. The zero-order valence-electron chi connectivity index (χ0n) is 10.3. The van der Waals surface area contributed by atoms with Crippen molar-refractivity contribution in [1.82, 2.24) is 10.2 Å². The summed E-state index contributed by atoms with van der Waals surface area (Å²) in [4.78, 5) is 14.2. The van der Waals surface area contributed by atoms with Crippen LogP contribution in [0.15, 0.2) is 18.2 Å². The number of amides is 1. The Bertz CT molecular complexity index is 400. The quantitative estimate of drug-likeness (QED) is 0.829. The predicted molar refractivity (Wildman–Crippen MR) is 71.9 cm³/mol. The Hall–Kier alpha value is -1.06. The average Bonchev–Trinajstić information content (AvgIpc) is 2.29. The number of rotatable bonds is 1. The lowest BCUT2D eigenvalue weighted by atomic mass is 10.0. The van der Waals surface area contributed by atoms with Gasteiger partial charge in [0.2, 0.25) is 0 Å². The van der Waals surface area contributed by atoms with Gasteiger partial charge >= 0.3 is 0 Å². The standard InChI is InChI=1S/C13H18N2O.ClH/c1-10-3-4-12(11(2)9-10)13(16)15-7-5-14-6-8-15;/h3-4,9,14H,5-8H2,1-2H3;1H. The van der Waals surface area contributed by atoms with Gasteiger partial charge in [-0.1, -0.05) is 17.7 Å². The van der Waals surface area contributed by atoms with Crippen LogP contribution in [0, 0.1) is 13.8 Å². The van der Waals surface area contributed by atoms with Crippen LogP contribution in [0.5, 0.6) is 0 Å². The van der Waals surface area contributed by atoms with Gasteiger partial charge in [0.25, 0.3) is 5.91 Å². The van der Waals surface area contributed by atoms with E-state index in [0.717, 1.165) is 37.3 Å². The Morgan fingerprint density at radius 1 is 1.24 bits per heavy atom. The number of carbonyl (C=O) groups excluding carboxylic acids is 1. The lowest BCUT2D eigenvalue weighted by Crippen LogP contribution is -2.46. The Labute approximate surface area is 109 Å². The van der Waals surface area contributed by atoms with E-state index in [1.807, 2.05) is 30.9 Å². The molecule has 1 aliphatic heterocycles. The molecular formula is C13H19ClN2O. The third kappa shape index (κ3) is 3.20. The molecule has 1 heterocycles. The molecule has 0 bridgehead atoms. The van der Waals surface area contributed by atoms with Crippen molar-refractivity contribution < 1.29 is 4.79 Å². The van der Waals surface area contributed by atoms with E-state index in [2.05, 4.69) is 11.4 Å². The van der Waals surface area contributed by atoms with E-state index in [1.54, 1.807) is 0 Å². The molecule has 94 valence electrons. The van der Waals surface area contributed by atoms with Crippen molar-refractivity contribution in [3.8, 4) is 0 Å². The van der Waals surface area contributed by atoms with Crippen LogP contribution in [0.2, 0.25) is 0 Å². The summed E-state index contributed by atoms with van der Waals surface area (Å²) in [6.45, 7) is 7.47. The van der Waals surface area contributed by atoms with Gasteiger partial charge in [0.1, 0.15) is 0 Å². The molecule has 3 nitrogen and oxygen atoms in total. The average molecular weight is 255 g/mol. The fourth-order valence-electron chi connectivity index (χ4n) is 2.09. The Kier molecular flexibility index (Phi) is 4.97. The first-order valence-electron chi connectivity index (χ1n) is 5.76. The number of hydrogen-bond donors (Lipinski definition) is 1. The van der Waals surface area contributed by atoms with Gasteiger partial charge in [0.15, 0.2) is 0 Å². The van der Waals surface area contributed by atoms with Crippen LogP contribution in [0.1, 0.15) is 21.5 Å². The maximum atomic E-state index is 12.2. The lowest BCUT2D eigenvalue weighted by Gasteiger charge is -2.28. The van der Waals surface area contributed by atoms with Crippen LogP contribution in [0.25, 0.3) is 0 Å². The molecule has 17 heavy (non-hydrogen) atoms. The molecular weight excluding hydrogens is 236 g/mol. The first-order valence-corrected chi connectivity index (χ1v) is 5.76. The summed E-state index contributed by atoms with van der Waals surface area (Å²) in [7, 11) is 0. The molecule has 1 fully saturated rings. The summed E-state index contributed by atoms with van der Waals surface area (Å²) >= 11 is 0. The van der Waals surface area contributed by atoms with E-state index in [4.69, 9.17) is 0 Å². The van der Waals surface area contributed by atoms with Crippen LogP contribution < -0.4 is 5.32 Å². The number of halogens is 1. The number of carbonyl (C=O) groups is 1. The van der Waals surface area contributed by atoms with Gasteiger partial charge in [0.05, 0.1) is 0 Å². The predicted octanol–water partition coefficient (Wildman–Crippen LogP) is 1.77. The van der Waals surface area contributed by atoms with Crippen LogP contribution in [0.4, 0.5) is 0 Å². The Balaban J connectivity index is 0.00000144. The summed E-state index contributed by atoms with van der Waals surface area (Å²) in [5, 5.41) is 3.25. The minimum absolute atomic E-state index is 0. The zero-order chi connectivity index (χ0) is 11.5. The SMILES string of the molecule is Cc1ccc(C(=O)N2CCNCC2)c(C)c1.Cl. The van der Waals surface area contributed by atoms with Crippen molar-refractivity contribution in [1.29, 1.82) is 0 Å². The van der Waals surface area contributed by atoms with E-state index in [-0.39, 0.29) is 18.3 Å². The van der Waals surface area contributed by atoms with Gasteiger partial charge in [-0.05, 0) is 25.5 Å². The number of benzene rings is 1. The fourth-order valence-corrected chi connectivity index (χ4v) is 2.09. The molecule has 1 aromatic carbocycles. The van der Waals surface area contributed by atoms with Crippen molar-refractivity contribution in [2.24, 2.45) is 0 Å². The molecule has 1 aliphatic rings. The third-order valence-corrected chi connectivity index (χ3v) is 3.02. The molecule has 0 aromatic heterocycles. The zero-order valence-corrected chi connectivity index (χ0v) is 11.1. The van der Waals surface area contributed by atoms with Crippen molar-refractivity contribution >= 4 is 18.3 Å². The molecule has 0 atom stereocenters. The van der Waals surface area contributed by atoms with Crippen molar-refractivity contribution in [2.45, 2.75) is 13.8 Å². The molecule has 0 saturated carbocycles. The van der Waals surface area contributed by atoms with Gasteiger partial charge in [-0.3, -0.25) is 4.79 Å². The molecule has 1 amide bonds. The number of nitrogens with zero attached hydrogens (tertiary/aromatic N) is 1. The van der Waals surface area contributed by atoms with Crippen LogP contribution in [-0.4, -0.2) is 37.0 Å². The summed E-state index contributed by atoms with van der Waals surface area (Å²) in [6, 6.07) is 6.01. The third-order valence-electron chi connectivity index (χ3n) is 3.02. The van der Waals surface area contributed by atoms with Gasteiger partial charge in [-0.15, -0.1) is 12.4 Å². The highest BCUT2D eigenvalue weighted by molar-refractivity contribution is 5.95. The van der Waals surface area contributed by atoms with Crippen molar-refractivity contribution in [3.05, 3.63) is 34.9 Å². The second kappa shape index (κ2) is 6.03. The largest absolute Gasteiger partial charge is 0.336 e. The minimum atomic E-state index is 0. The molecule has 0 spiro atoms. The lowest BCUT2D eigenvalue weighted by molar-refractivity contribution is 0.0735. The monoisotopic (exact) mass is 254 g/mol. The number of piperazine rings is 1. The van der Waals surface area contributed by atoms with Gasteiger partial charge in [0, 0.05) is 31.7 Å². The first kappa shape index (κ1) is 14.0. The summed E-state index contributed by atoms with van der Waals surface area (Å²) in [5.41, 5.74) is 3.12. The van der Waals surface area contributed by atoms with E-state index < -0.39 is 0 Å². The molecule has 0 unspecified atom stereocenters. The van der Waals surface area contributed by atoms with Gasteiger partial charge < -0.3 is 10.2 Å². The Morgan fingerprint density at radius 2 is 1.88 bits per heavy atom. The highest BCUT2D eigenvalue weighted by atomic mass is 35.5. The summed E-state index contributed by atoms with van der Waals surface area (Å²) < 4.78 is 0. The van der Waals surface area contributed by atoms with E-state index in [9.17, 15) is 4.79 Å².